The predicted octanol–water partition coefficient (Wildman–Crippen LogP) is 6.23. The number of benzene rings is 3. The highest BCUT2D eigenvalue weighted by Gasteiger charge is 2.25. The molecule has 0 spiro atoms. The topological polar surface area (TPSA) is 66.7 Å². The summed E-state index contributed by atoms with van der Waals surface area (Å²) in [7, 11) is 3.96. The third-order valence-electron chi connectivity index (χ3n) is 5.69. The van der Waals surface area contributed by atoms with E-state index < -0.39 is 11.5 Å². The van der Waals surface area contributed by atoms with Crippen molar-refractivity contribution in [3.8, 4) is 0 Å². The number of anilines is 1. The van der Waals surface area contributed by atoms with E-state index in [2.05, 4.69) is 4.98 Å². The summed E-state index contributed by atoms with van der Waals surface area (Å²) in [5.41, 5.74) is 0.417. The molecule has 35 heavy (non-hydrogen) atoms. The van der Waals surface area contributed by atoms with Gasteiger partial charge in [-0.1, -0.05) is 59.3 Å². The molecule has 0 saturated heterocycles. The first-order valence-corrected chi connectivity index (χ1v) is 12.1. The number of hydrogen-bond donors (Lipinski definition) is 0. The van der Waals surface area contributed by atoms with Crippen LogP contribution in [0.1, 0.15) is 16.8 Å². The zero-order valence-electron chi connectivity index (χ0n) is 19.2. The molecule has 5 rings (SSSR count). The monoisotopic (exact) mass is 527 g/mol. The van der Waals surface area contributed by atoms with Gasteiger partial charge in [0.1, 0.15) is 16.7 Å². The van der Waals surface area contributed by atoms with Crippen LogP contribution in [0.3, 0.4) is 0 Å². The molecule has 0 aliphatic heterocycles. The highest BCUT2D eigenvalue weighted by molar-refractivity contribution is 7.22. The van der Waals surface area contributed by atoms with E-state index in [9.17, 15) is 9.59 Å². The van der Waals surface area contributed by atoms with Crippen molar-refractivity contribution < 1.29 is 9.21 Å². The molecule has 3 aromatic carbocycles. The third kappa shape index (κ3) is 4.90. The first kappa shape index (κ1) is 25.1. The summed E-state index contributed by atoms with van der Waals surface area (Å²) in [5, 5.41) is 3.68. The van der Waals surface area contributed by atoms with Crippen molar-refractivity contribution in [2.75, 3.05) is 32.1 Å². The predicted molar refractivity (Wildman–Crippen MR) is 147 cm³/mol. The van der Waals surface area contributed by atoms with Gasteiger partial charge in [0.25, 0.3) is 5.91 Å². The highest BCUT2D eigenvalue weighted by atomic mass is 35.5. The van der Waals surface area contributed by atoms with Gasteiger partial charge < -0.3 is 9.32 Å². The average molecular weight is 528 g/mol. The number of carbonyl (C=O) groups is 1. The Kier molecular flexibility index (Phi) is 7.42. The lowest BCUT2D eigenvalue weighted by atomic mass is 10.0. The molecular formula is C26H23Cl2N3O3S. The van der Waals surface area contributed by atoms with Gasteiger partial charge in [0.2, 0.25) is 0 Å². The van der Waals surface area contributed by atoms with Crippen LogP contribution in [0.5, 0.6) is 0 Å². The van der Waals surface area contributed by atoms with Crippen molar-refractivity contribution >= 4 is 78.3 Å². The van der Waals surface area contributed by atoms with Crippen LogP contribution in [-0.2, 0) is 0 Å². The van der Waals surface area contributed by atoms with E-state index in [1.807, 2.05) is 61.5 Å². The third-order valence-corrected chi connectivity index (χ3v) is 7.04. The van der Waals surface area contributed by atoms with Gasteiger partial charge in [0, 0.05) is 11.9 Å². The lowest BCUT2D eigenvalue weighted by Gasteiger charge is -2.20. The van der Waals surface area contributed by atoms with E-state index in [-0.39, 0.29) is 18.0 Å². The zero-order chi connectivity index (χ0) is 23.8. The lowest BCUT2D eigenvalue weighted by molar-refractivity contribution is 0.0982. The number of hydrogen-bond acceptors (Lipinski definition) is 6. The van der Waals surface area contributed by atoms with Crippen molar-refractivity contribution in [3.63, 3.8) is 0 Å². The standard InChI is InChI=1S/C26H22ClN3O3S.ClH/c1-29(2)13-6-14-30(26-28-23-20(27)9-5-10-22(23)34-26)24(31)19-15-18-17-8-4-3-7-16(17)11-12-21(18)33-25(19)32;/h3-5,7-12,15H,6,13-14H2,1-2H3;1H. The molecule has 0 bridgehead atoms. The number of amides is 1. The molecule has 0 aliphatic rings. The molecule has 0 saturated carbocycles. The fourth-order valence-corrected chi connectivity index (χ4v) is 5.30. The van der Waals surface area contributed by atoms with Gasteiger partial charge in [-0.2, -0.15) is 0 Å². The maximum atomic E-state index is 13.8. The van der Waals surface area contributed by atoms with Crippen LogP contribution in [0.15, 0.2) is 69.9 Å². The summed E-state index contributed by atoms with van der Waals surface area (Å²) in [6.07, 6.45) is 0.713. The van der Waals surface area contributed by atoms with Crippen molar-refractivity contribution in [2.24, 2.45) is 0 Å². The fourth-order valence-electron chi connectivity index (χ4n) is 4.01. The van der Waals surface area contributed by atoms with E-state index in [0.29, 0.717) is 34.2 Å². The molecule has 0 atom stereocenters. The van der Waals surface area contributed by atoms with E-state index in [0.717, 1.165) is 27.4 Å². The number of aromatic nitrogens is 1. The fraction of sp³-hybridized carbons (Fsp3) is 0.192. The zero-order valence-corrected chi connectivity index (χ0v) is 21.5. The second-order valence-electron chi connectivity index (χ2n) is 8.34. The average Bonchev–Trinajstić information content (AvgIpc) is 3.26. The summed E-state index contributed by atoms with van der Waals surface area (Å²) in [4.78, 5) is 34.9. The number of halogens is 2. The van der Waals surface area contributed by atoms with Crippen LogP contribution in [0.2, 0.25) is 5.02 Å². The first-order chi connectivity index (χ1) is 16.4. The van der Waals surface area contributed by atoms with E-state index in [1.54, 1.807) is 23.1 Å². The molecule has 0 aliphatic carbocycles. The minimum atomic E-state index is -0.662. The van der Waals surface area contributed by atoms with Crippen LogP contribution >= 0.6 is 35.3 Å². The Morgan fingerprint density at radius 3 is 2.60 bits per heavy atom. The summed E-state index contributed by atoms with van der Waals surface area (Å²) >= 11 is 7.71. The van der Waals surface area contributed by atoms with Crippen molar-refractivity contribution in [2.45, 2.75) is 6.42 Å². The molecule has 0 fully saturated rings. The van der Waals surface area contributed by atoms with Gasteiger partial charge in [0.15, 0.2) is 5.13 Å². The Balaban J connectivity index is 0.00000289. The van der Waals surface area contributed by atoms with Crippen molar-refractivity contribution in [1.29, 1.82) is 0 Å². The Bertz CT molecular complexity index is 1600. The van der Waals surface area contributed by atoms with E-state index in [4.69, 9.17) is 16.0 Å². The van der Waals surface area contributed by atoms with E-state index >= 15 is 0 Å². The van der Waals surface area contributed by atoms with Crippen LogP contribution in [0.25, 0.3) is 32.0 Å². The summed E-state index contributed by atoms with van der Waals surface area (Å²) in [5.74, 6) is -0.433. The van der Waals surface area contributed by atoms with Gasteiger partial charge in [0.05, 0.1) is 9.72 Å². The molecule has 0 N–H and O–H groups in total. The minimum Gasteiger partial charge on any atom is -0.422 e. The van der Waals surface area contributed by atoms with Crippen LogP contribution in [0, 0.1) is 0 Å². The van der Waals surface area contributed by atoms with Crippen LogP contribution in [0.4, 0.5) is 5.13 Å². The summed E-state index contributed by atoms with van der Waals surface area (Å²) in [6, 6.07) is 18.7. The molecule has 0 radical (unpaired) electrons. The minimum absolute atomic E-state index is 0. The number of para-hydroxylation sites is 1. The second-order valence-corrected chi connectivity index (χ2v) is 9.76. The largest absolute Gasteiger partial charge is 0.422 e. The smallest absolute Gasteiger partial charge is 0.349 e. The number of carbonyl (C=O) groups excluding carboxylic acids is 1. The van der Waals surface area contributed by atoms with Gasteiger partial charge in [-0.15, -0.1) is 12.4 Å². The van der Waals surface area contributed by atoms with E-state index in [1.165, 1.54) is 11.3 Å². The molecular weight excluding hydrogens is 505 g/mol. The van der Waals surface area contributed by atoms with Gasteiger partial charge in [-0.25, -0.2) is 9.78 Å². The highest BCUT2D eigenvalue weighted by Crippen LogP contribution is 2.34. The van der Waals surface area contributed by atoms with Crippen LogP contribution in [-0.4, -0.2) is 43.0 Å². The second kappa shape index (κ2) is 10.3. The molecule has 1 amide bonds. The van der Waals surface area contributed by atoms with Crippen LogP contribution < -0.4 is 10.5 Å². The van der Waals surface area contributed by atoms with Gasteiger partial charge in [-0.05, 0) is 62.1 Å². The first-order valence-electron chi connectivity index (χ1n) is 10.9. The maximum absolute atomic E-state index is 13.8. The molecule has 2 heterocycles. The lowest BCUT2D eigenvalue weighted by Crippen LogP contribution is -2.36. The normalized spacial score (nSPS) is 11.3. The number of fused-ring (bicyclic) bond motifs is 4. The van der Waals surface area contributed by atoms with Crippen molar-refractivity contribution in [3.05, 3.63) is 81.7 Å². The maximum Gasteiger partial charge on any atom is 0.349 e. The molecule has 5 aromatic rings. The molecule has 9 heteroatoms. The molecule has 2 aromatic heterocycles. The number of nitrogens with zero attached hydrogens (tertiary/aromatic N) is 3. The Labute approximate surface area is 217 Å². The van der Waals surface area contributed by atoms with Gasteiger partial charge in [-0.3, -0.25) is 9.69 Å². The molecule has 180 valence electrons. The SMILES string of the molecule is CN(C)CCCN(C(=O)c1cc2c(ccc3ccccc32)oc1=O)c1nc2c(Cl)cccc2s1.Cl. The summed E-state index contributed by atoms with van der Waals surface area (Å²) in [6.45, 7) is 1.19. The Morgan fingerprint density at radius 1 is 1.03 bits per heavy atom. The number of thiazole rings is 1. The van der Waals surface area contributed by atoms with Crippen molar-refractivity contribution in [1.82, 2.24) is 9.88 Å². The Morgan fingerprint density at radius 2 is 1.83 bits per heavy atom. The molecule has 6 nitrogen and oxygen atoms in total. The Hall–Kier alpha value is -2.97. The number of rotatable bonds is 6. The van der Waals surface area contributed by atoms with Gasteiger partial charge >= 0.3 is 5.63 Å². The summed E-state index contributed by atoms with van der Waals surface area (Å²) < 4.78 is 6.46. The molecule has 0 unspecified atom stereocenters. The quantitative estimate of drug-likeness (QED) is 0.193.